The molecule has 0 spiro atoms. The maximum Gasteiger partial charge on any atom is 0.126 e. The summed E-state index contributed by atoms with van der Waals surface area (Å²) in [7, 11) is 1.62. The Kier molecular flexibility index (Phi) is 5.26. The van der Waals surface area contributed by atoms with Crippen LogP contribution < -0.4 is 9.64 Å². The van der Waals surface area contributed by atoms with Gasteiger partial charge in [0, 0.05) is 17.8 Å². The molecule has 1 aromatic rings. The third-order valence-corrected chi connectivity index (χ3v) is 4.08. The summed E-state index contributed by atoms with van der Waals surface area (Å²) in [5.41, 5.74) is 1.80. The molecule has 1 heterocycles. The Bertz CT molecular complexity index is 434. The largest absolute Gasteiger partial charge is 0.496 e. The molecule has 0 aromatic heterocycles. The smallest absolute Gasteiger partial charge is 0.126 e. The Morgan fingerprint density at radius 3 is 2.80 bits per heavy atom. The third kappa shape index (κ3) is 3.07. The number of aliphatic hydroxyl groups is 2. The minimum atomic E-state index is -0.594. The van der Waals surface area contributed by atoms with E-state index in [2.05, 4.69) is 4.90 Å². The molecule has 0 bridgehead atoms. The van der Waals surface area contributed by atoms with Gasteiger partial charge in [-0.3, -0.25) is 0 Å². The first-order valence-corrected chi connectivity index (χ1v) is 7.41. The van der Waals surface area contributed by atoms with Crippen molar-refractivity contribution >= 4 is 5.69 Å². The van der Waals surface area contributed by atoms with Crippen molar-refractivity contribution in [1.82, 2.24) is 0 Å². The van der Waals surface area contributed by atoms with Gasteiger partial charge in [-0.2, -0.15) is 0 Å². The molecule has 2 atom stereocenters. The fraction of sp³-hybridized carbons (Fsp3) is 0.625. The lowest BCUT2D eigenvalue weighted by molar-refractivity contribution is 0.194. The normalized spacial score (nSPS) is 21.4. The van der Waals surface area contributed by atoms with E-state index in [-0.39, 0.29) is 12.6 Å². The highest BCUT2D eigenvalue weighted by Crippen LogP contribution is 2.36. The van der Waals surface area contributed by atoms with Crippen molar-refractivity contribution in [2.45, 2.75) is 44.8 Å². The monoisotopic (exact) mass is 279 g/mol. The summed E-state index contributed by atoms with van der Waals surface area (Å²) in [5.74, 6) is 0.707. The van der Waals surface area contributed by atoms with Crippen LogP contribution in [0, 0.1) is 0 Å². The van der Waals surface area contributed by atoms with Gasteiger partial charge < -0.3 is 19.8 Å². The molecule has 1 unspecified atom stereocenters. The van der Waals surface area contributed by atoms with Crippen LogP contribution in [0.3, 0.4) is 0 Å². The average molecular weight is 279 g/mol. The Morgan fingerprint density at radius 2 is 2.15 bits per heavy atom. The zero-order chi connectivity index (χ0) is 14.5. The van der Waals surface area contributed by atoms with E-state index in [0.29, 0.717) is 5.75 Å². The van der Waals surface area contributed by atoms with Crippen LogP contribution in [0.1, 0.15) is 44.3 Å². The summed E-state index contributed by atoms with van der Waals surface area (Å²) in [6.07, 6.45) is 3.86. The standard InChI is InChI=1S/C16H25NO3/c1-12(19)16-14(8-6-9-15(16)20-2)17-10-5-3-4-7-13(17)11-18/h6,8-9,12-13,18-19H,3-5,7,10-11H2,1-2H3/t12-,13?/m1/s1. The van der Waals surface area contributed by atoms with Crippen LogP contribution in [0.15, 0.2) is 18.2 Å². The topological polar surface area (TPSA) is 52.9 Å². The zero-order valence-electron chi connectivity index (χ0n) is 12.4. The molecule has 1 aliphatic rings. The minimum Gasteiger partial charge on any atom is -0.496 e. The lowest BCUT2D eigenvalue weighted by Gasteiger charge is -2.33. The third-order valence-electron chi connectivity index (χ3n) is 4.08. The van der Waals surface area contributed by atoms with Crippen molar-refractivity contribution < 1.29 is 14.9 Å². The van der Waals surface area contributed by atoms with Crippen LogP contribution in [0.25, 0.3) is 0 Å². The van der Waals surface area contributed by atoms with Gasteiger partial charge >= 0.3 is 0 Å². The summed E-state index contributed by atoms with van der Waals surface area (Å²) < 4.78 is 5.39. The molecule has 4 heteroatoms. The number of hydrogen-bond acceptors (Lipinski definition) is 4. The number of benzene rings is 1. The number of anilines is 1. The van der Waals surface area contributed by atoms with Gasteiger partial charge in [0.15, 0.2) is 0 Å². The first kappa shape index (κ1) is 15.1. The highest BCUT2D eigenvalue weighted by molar-refractivity contribution is 5.61. The van der Waals surface area contributed by atoms with Crippen molar-refractivity contribution in [2.75, 3.05) is 25.2 Å². The van der Waals surface area contributed by atoms with Gasteiger partial charge in [0.05, 0.1) is 25.9 Å². The van der Waals surface area contributed by atoms with E-state index in [9.17, 15) is 10.2 Å². The van der Waals surface area contributed by atoms with Gasteiger partial charge in [-0.15, -0.1) is 0 Å². The molecule has 2 rings (SSSR count). The van der Waals surface area contributed by atoms with Crippen LogP contribution >= 0.6 is 0 Å². The second-order valence-electron chi connectivity index (χ2n) is 5.45. The van der Waals surface area contributed by atoms with Gasteiger partial charge in [0.1, 0.15) is 5.75 Å². The summed E-state index contributed by atoms with van der Waals surface area (Å²) in [6.45, 7) is 2.82. The SMILES string of the molecule is COc1cccc(N2CCCCCC2CO)c1[C@@H](C)O. The number of hydrogen-bond donors (Lipinski definition) is 2. The van der Waals surface area contributed by atoms with E-state index in [1.165, 1.54) is 6.42 Å². The Balaban J connectivity index is 2.43. The molecule has 1 aromatic carbocycles. The maximum absolute atomic E-state index is 10.1. The summed E-state index contributed by atoms with van der Waals surface area (Å²) >= 11 is 0. The lowest BCUT2D eigenvalue weighted by Crippen LogP contribution is -2.38. The van der Waals surface area contributed by atoms with Gasteiger partial charge in [-0.05, 0) is 31.9 Å². The fourth-order valence-electron chi connectivity index (χ4n) is 3.07. The van der Waals surface area contributed by atoms with E-state index in [4.69, 9.17) is 4.74 Å². The minimum absolute atomic E-state index is 0.127. The predicted molar refractivity (Wildman–Crippen MR) is 80.3 cm³/mol. The lowest BCUT2D eigenvalue weighted by atomic mass is 10.0. The second-order valence-corrected chi connectivity index (χ2v) is 5.45. The molecule has 0 saturated carbocycles. The first-order valence-electron chi connectivity index (χ1n) is 7.41. The van der Waals surface area contributed by atoms with Crippen LogP contribution in [0.2, 0.25) is 0 Å². The van der Waals surface area contributed by atoms with E-state index in [0.717, 1.165) is 37.1 Å². The average Bonchev–Trinajstić information content (AvgIpc) is 2.71. The Morgan fingerprint density at radius 1 is 1.35 bits per heavy atom. The Hall–Kier alpha value is -1.26. The summed E-state index contributed by atoms with van der Waals surface area (Å²) in [5, 5.41) is 19.8. The number of nitrogens with zero attached hydrogens (tertiary/aromatic N) is 1. The van der Waals surface area contributed by atoms with Gasteiger partial charge in [-0.25, -0.2) is 0 Å². The number of ether oxygens (including phenoxy) is 1. The summed E-state index contributed by atoms with van der Waals surface area (Å²) in [4.78, 5) is 2.23. The second kappa shape index (κ2) is 6.95. The molecule has 1 fully saturated rings. The molecule has 1 aliphatic heterocycles. The quantitative estimate of drug-likeness (QED) is 0.889. The number of aliphatic hydroxyl groups excluding tert-OH is 2. The first-order chi connectivity index (χ1) is 9.69. The Labute approximate surface area is 121 Å². The zero-order valence-corrected chi connectivity index (χ0v) is 12.4. The van der Waals surface area contributed by atoms with Crippen LogP contribution in [-0.2, 0) is 0 Å². The molecular formula is C16H25NO3. The van der Waals surface area contributed by atoms with E-state index >= 15 is 0 Å². The molecule has 20 heavy (non-hydrogen) atoms. The highest BCUT2D eigenvalue weighted by atomic mass is 16.5. The van der Waals surface area contributed by atoms with E-state index in [1.807, 2.05) is 18.2 Å². The van der Waals surface area contributed by atoms with Crippen LogP contribution in [-0.4, -0.2) is 36.5 Å². The van der Waals surface area contributed by atoms with Crippen LogP contribution in [0.5, 0.6) is 5.75 Å². The van der Waals surface area contributed by atoms with Crippen molar-refractivity contribution in [3.05, 3.63) is 23.8 Å². The van der Waals surface area contributed by atoms with Crippen molar-refractivity contribution in [3.63, 3.8) is 0 Å². The van der Waals surface area contributed by atoms with Crippen molar-refractivity contribution in [2.24, 2.45) is 0 Å². The predicted octanol–water partition coefficient (Wildman–Crippen LogP) is 2.49. The highest BCUT2D eigenvalue weighted by Gasteiger charge is 2.25. The molecule has 0 radical (unpaired) electrons. The molecule has 0 aliphatic carbocycles. The molecule has 4 nitrogen and oxygen atoms in total. The van der Waals surface area contributed by atoms with Gasteiger partial charge in [0.2, 0.25) is 0 Å². The molecular weight excluding hydrogens is 254 g/mol. The molecule has 2 N–H and O–H groups in total. The number of methoxy groups -OCH3 is 1. The van der Waals surface area contributed by atoms with Crippen LogP contribution in [0.4, 0.5) is 5.69 Å². The van der Waals surface area contributed by atoms with Gasteiger partial charge in [0.25, 0.3) is 0 Å². The van der Waals surface area contributed by atoms with E-state index in [1.54, 1.807) is 14.0 Å². The molecule has 0 amide bonds. The maximum atomic E-state index is 10.1. The van der Waals surface area contributed by atoms with Crippen molar-refractivity contribution in [1.29, 1.82) is 0 Å². The fourth-order valence-corrected chi connectivity index (χ4v) is 3.07. The molecule has 112 valence electrons. The number of rotatable bonds is 4. The van der Waals surface area contributed by atoms with Gasteiger partial charge in [-0.1, -0.05) is 18.9 Å². The van der Waals surface area contributed by atoms with E-state index < -0.39 is 6.10 Å². The molecule has 1 saturated heterocycles. The summed E-state index contributed by atoms with van der Waals surface area (Å²) in [6, 6.07) is 5.96. The van der Waals surface area contributed by atoms with Crippen molar-refractivity contribution in [3.8, 4) is 5.75 Å².